The average Bonchev–Trinajstić information content (AvgIpc) is 3.21. The fourth-order valence-corrected chi connectivity index (χ4v) is 3.36. The monoisotopic (exact) mass is 383 g/mol. The van der Waals surface area contributed by atoms with E-state index in [1.807, 2.05) is 36.1 Å². The van der Waals surface area contributed by atoms with Crippen LogP contribution in [0.2, 0.25) is 0 Å². The highest BCUT2D eigenvalue weighted by molar-refractivity contribution is 5.95. The predicted octanol–water partition coefficient (Wildman–Crippen LogP) is 3.65. The fraction of sp³-hybridized carbons (Fsp3) is 0.381. The van der Waals surface area contributed by atoms with Crippen molar-refractivity contribution >= 4 is 17.3 Å². The minimum atomic E-state index is -0.411. The number of amides is 1. The molecule has 2 aromatic carbocycles. The van der Waals surface area contributed by atoms with Crippen LogP contribution in [-0.4, -0.2) is 49.0 Å². The number of benzene rings is 2. The van der Waals surface area contributed by atoms with E-state index in [0.717, 1.165) is 37.2 Å². The Morgan fingerprint density at radius 1 is 1.21 bits per heavy atom. The molecule has 0 saturated carbocycles. The van der Waals surface area contributed by atoms with Crippen LogP contribution in [0.1, 0.15) is 28.8 Å². The number of anilines is 1. The van der Waals surface area contributed by atoms with E-state index in [4.69, 9.17) is 4.74 Å². The first-order valence-corrected chi connectivity index (χ1v) is 9.44. The molecule has 148 valence electrons. The number of nitrogens with zero attached hydrogens (tertiary/aromatic N) is 3. The van der Waals surface area contributed by atoms with Crippen LogP contribution >= 0.6 is 0 Å². The van der Waals surface area contributed by atoms with E-state index >= 15 is 0 Å². The van der Waals surface area contributed by atoms with Crippen LogP contribution in [0, 0.1) is 17.0 Å². The van der Waals surface area contributed by atoms with E-state index in [-0.39, 0.29) is 11.6 Å². The number of rotatable bonds is 7. The number of hydrogen-bond donors (Lipinski definition) is 0. The Kier molecular flexibility index (Phi) is 6.13. The van der Waals surface area contributed by atoms with Crippen LogP contribution < -0.4 is 9.64 Å². The second-order valence-corrected chi connectivity index (χ2v) is 7.05. The first kappa shape index (κ1) is 19.7. The van der Waals surface area contributed by atoms with Gasteiger partial charge in [0.15, 0.2) is 0 Å². The van der Waals surface area contributed by atoms with Gasteiger partial charge in [-0.05, 0) is 49.6 Å². The van der Waals surface area contributed by atoms with Crippen LogP contribution in [0.25, 0.3) is 0 Å². The van der Waals surface area contributed by atoms with Gasteiger partial charge in [-0.3, -0.25) is 14.9 Å². The molecule has 0 radical (unpaired) electrons. The smallest absolute Gasteiger partial charge is 0.293 e. The maximum Gasteiger partial charge on any atom is 0.293 e. The Balaban J connectivity index is 1.65. The lowest BCUT2D eigenvalue weighted by Crippen LogP contribution is -2.31. The Bertz CT molecular complexity index is 862. The summed E-state index contributed by atoms with van der Waals surface area (Å²) in [5, 5.41) is 11.5. The largest absolute Gasteiger partial charge is 0.492 e. The topological polar surface area (TPSA) is 75.9 Å². The highest BCUT2D eigenvalue weighted by Gasteiger charge is 2.24. The zero-order valence-corrected chi connectivity index (χ0v) is 16.3. The van der Waals surface area contributed by atoms with Gasteiger partial charge in [0.2, 0.25) is 0 Å². The molecule has 28 heavy (non-hydrogen) atoms. The molecule has 0 N–H and O–H groups in total. The van der Waals surface area contributed by atoms with E-state index in [1.54, 1.807) is 19.2 Å². The number of aryl methyl sites for hydroxylation is 1. The first-order chi connectivity index (χ1) is 13.5. The molecule has 7 nitrogen and oxygen atoms in total. The molecule has 1 heterocycles. The molecule has 1 fully saturated rings. The lowest BCUT2D eigenvalue weighted by Gasteiger charge is -2.20. The van der Waals surface area contributed by atoms with Gasteiger partial charge in [-0.2, -0.15) is 0 Å². The molecule has 1 amide bonds. The van der Waals surface area contributed by atoms with E-state index < -0.39 is 4.92 Å². The summed E-state index contributed by atoms with van der Waals surface area (Å²) in [4.78, 5) is 27.3. The molecule has 3 rings (SSSR count). The summed E-state index contributed by atoms with van der Waals surface area (Å²) in [7, 11) is 1.67. The number of carbonyl (C=O) groups is 1. The Hall–Kier alpha value is -3.09. The molecule has 0 aliphatic carbocycles. The zero-order chi connectivity index (χ0) is 20.1. The Morgan fingerprint density at radius 3 is 2.64 bits per heavy atom. The van der Waals surface area contributed by atoms with Crippen molar-refractivity contribution in [3.05, 3.63) is 63.7 Å². The van der Waals surface area contributed by atoms with Crippen LogP contribution in [-0.2, 0) is 0 Å². The Labute approximate surface area is 164 Å². The molecule has 0 unspecified atom stereocenters. The molecule has 1 aliphatic rings. The van der Waals surface area contributed by atoms with Gasteiger partial charge in [-0.15, -0.1) is 0 Å². The third-order valence-electron chi connectivity index (χ3n) is 4.90. The third kappa shape index (κ3) is 4.60. The van der Waals surface area contributed by atoms with Gasteiger partial charge in [0, 0.05) is 31.8 Å². The number of nitro groups is 1. The van der Waals surface area contributed by atoms with Gasteiger partial charge >= 0.3 is 0 Å². The molecule has 7 heteroatoms. The van der Waals surface area contributed by atoms with Crippen molar-refractivity contribution in [2.24, 2.45) is 0 Å². The number of carbonyl (C=O) groups excluding carboxylic acids is 1. The summed E-state index contributed by atoms with van der Waals surface area (Å²) < 4.78 is 5.68. The van der Waals surface area contributed by atoms with Gasteiger partial charge in [-0.25, -0.2) is 0 Å². The fourth-order valence-electron chi connectivity index (χ4n) is 3.36. The van der Waals surface area contributed by atoms with Crippen molar-refractivity contribution in [3.8, 4) is 5.75 Å². The van der Waals surface area contributed by atoms with Crippen molar-refractivity contribution in [1.29, 1.82) is 0 Å². The minimum Gasteiger partial charge on any atom is -0.492 e. The molecule has 2 aromatic rings. The predicted molar refractivity (Wildman–Crippen MR) is 108 cm³/mol. The van der Waals surface area contributed by atoms with Gasteiger partial charge < -0.3 is 14.5 Å². The maximum atomic E-state index is 12.7. The summed E-state index contributed by atoms with van der Waals surface area (Å²) in [6, 6.07) is 12.4. The first-order valence-electron chi connectivity index (χ1n) is 9.44. The van der Waals surface area contributed by atoms with Crippen molar-refractivity contribution in [2.45, 2.75) is 19.8 Å². The lowest BCUT2D eigenvalue weighted by atomic mass is 10.1. The second kappa shape index (κ2) is 8.73. The SMILES string of the molecule is Cc1cccc(OCCN(C)C(=O)c2ccc(N3CCCC3)c([N+](=O)[O-])c2)c1. The van der Waals surface area contributed by atoms with Crippen molar-refractivity contribution in [3.63, 3.8) is 0 Å². The maximum absolute atomic E-state index is 12.7. The molecule has 0 atom stereocenters. The molecular weight excluding hydrogens is 358 g/mol. The molecule has 1 aliphatic heterocycles. The summed E-state index contributed by atoms with van der Waals surface area (Å²) in [6.07, 6.45) is 2.06. The van der Waals surface area contributed by atoms with E-state index in [9.17, 15) is 14.9 Å². The van der Waals surface area contributed by atoms with Gasteiger partial charge in [0.05, 0.1) is 11.5 Å². The van der Waals surface area contributed by atoms with Gasteiger partial charge in [0.25, 0.3) is 11.6 Å². The number of ether oxygens (including phenoxy) is 1. The van der Waals surface area contributed by atoms with Gasteiger partial charge in [0.1, 0.15) is 18.0 Å². The van der Waals surface area contributed by atoms with E-state index in [0.29, 0.717) is 24.4 Å². The normalized spacial score (nSPS) is 13.4. The summed E-state index contributed by atoms with van der Waals surface area (Å²) >= 11 is 0. The molecule has 0 spiro atoms. The Morgan fingerprint density at radius 2 is 1.96 bits per heavy atom. The molecule has 1 saturated heterocycles. The third-order valence-corrected chi connectivity index (χ3v) is 4.90. The van der Waals surface area contributed by atoms with Crippen LogP contribution in [0.3, 0.4) is 0 Å². The van der Waals surface area contributed by atoms with Crippen LogP contribution in [0.5, 0.6) is 5.75 Å². The van der Waals surface area contributed by atoms with E-state index in [1.165, 1.54) is 11.0 Å². The standard InChI is InChI=1S/C21H25N3O4/c1-16-6-5-7-18(14-16)28-13-12-22(2)21(25)17-8-9-19(20(15-17)24(26)27)23-10-3-4-11-23/h5-9,14-15H,3-4,10-13H2,1-2H3. The zero-order valence-electron chi connectivity index (χ0n) is 16.3. The van der Waals surface area contributed by atoms with E-state index in [2.05, 4.69) is 0 Å². The highest BCUT2D eigenvalue weighted by atomic mass is 16.6. The number of likely N-dealkylation sites (N-methyl/N-ethyl adjacent to an activating group) is 1. The van der Waals surface area contributed by atoms with Gasteiger partial charge in [-0.1, -0.05) is 12.1 Å². The van der Waals surface area contributed by atoms with Crippen molar-refractivity contribution in [2.75, 3.05) is 38.2 Å². The van der Waals surface area contributed by atoms with Crippen LogP contribution in [0.4, 0.5) is 11.4 Å². The second-order valence-electron chi connectivity index (χ2n) is 7.05. The summed E-state index contributed by atoms with van der Waals surface area (Å²) in [5.41, 5.74) is 1.99. The summed E-state index contributed by atoms with van der Waals surface area (Å²) in [5.74, 6) is 0.496. The lowest BCUT2D eigenvalue weighted by molar-refractivity contribution is -0.384. The number of nitro benzene ring substituents is 1. The molecule has 0 bridgehead atoms. The minimum absolute atomic E-state index is 0.0165. The molecule has 0 aromatic heterocycles. The van der Waals surface area contributed by atoms with Crippen molar-refractivity contribution in [1.82, 2.24) is 4.90 Å². The summed E-state index contributed by atoms with van der Waals surface area (Å²) in [6.45, 7) is 4.34. The molecular formula is C21H25N3O4. The quantitative estimate of drug-likeness (QED) is 0.539. The number of hydrogen-bond acceptors (Lipinski definition) is 5. The average molecular weight is 383 g/mol. The highest BCUT2D eigenvalue weighted by Crippen LogP contribution is 2.31. The van der Waals surface area contributed by atoms with Crippen molar-refractivity contribution < 1.29 is 14.5 Å². The van der Waals surface area contributed by atoms with Crippen LogP contribution in [0.15, 0.2) is 42.5 Å².